The molecular weight excluding hydrogens is 387 g/mol. The number of nitrogens with one attached hydrogen (secondary N) is 1. The SMILES string of the molecule is CC1(C)OC(=O)C(=CNc2ccc(I)cc2C#N)C(=O)O1. The van der Waals surface area contributed by atoms with Crippen molar-refractivity contribution in [3.05, 3.63) is 39.1 Å². The van der Waals surface area contributed by atoms with Crippen molar-refractivity contribution in [2.75, 3.05) is 5.32 Å². The van der Waals surface area contributed by atoms with Gasteiger partial charge in [0, 0.05) is 23.6 Å². The first-order valence-electron chi connectivity index (χ1n) is 5.95. The van der Waals surface area contributed by atoms with Crippen LogP contribution in [0.2, 0.25) is 0 Å². The highest BCUT2D eigenvalue weighted by atomic mass is 127. The van der Waals surface area contributed by atoms with Gasteiger partial charge in [-0.05, 0) is 40.8 Å². The van der Waals surface area contributed by atoms with Gasteiger partial charge in [0.15, 0.2) is 5.57 Å². The molecule has 1 aliphatic heterocycles. The van der Waals surface area contributed by atoms with Gasteiger partial charge in [-0.2, -0.15) is 5.26 Å². The van der Waals surface area contributed by atoms with E-state index in [4.69, 9.17) is 14.7 Å². The molecular formula is C14H11IN2O4. The zero-order valence-electron chi connectivity index (χ0n) is 11.3. The van der Waals surface area contributed by atoms with Gasteiger partial charge in [-0.15, -0.1) is 0 Å². The standard InChI is InChI=1S/C14H11IN2O4/c1-14(2)20-12(18)10(13(19)21-14)7-17-11-4-3-9(15)5-8(11)6-16/h3-5,7,17H,1-2H3. The minimum absolute atomic E-state index is 0.253. The lowest BCUT2D eigenvalue weighted by Gasteiger charge is -2.29. The molecule has 1 saturated heterocycles. The second-order valence-corrected chi connectivity index (χ2v) is 5.93. The van der Waals surface area contributed by atoms with E-state index in [9.17, 15) is 9.59 Å². The summed E-state index contributed by atoms with van der Waals surface area (Å²) in [5, 5.41) is 11.8. The molecule has 0 atom stereocenters. The minimum Gasteiger partial charge on any atom is -0.419 e. The molecule has 0 spiro atoms. The van der Waals surface area contributed by atoms with Gasteiger partial charge in [-0.3, -0.25) is 0 Å². The molecule has 0 aliphatic carbocycles. The predicted molar refractivity (Wildman–Crippen MR) is 81.8 cm³/mol. The first-order valence-corrected chi connectivity index (χ1v) is 7.03. The number of anilines is 1. The molecule has 6 nitrogen and oxygen atoms in total. The molecule has 1 N–H and O–H groups in total. The molecule has 0 aromatic heterocycles. The first-order chi connectivity index (χ1) is 9.82. The van der Waals surface area contributed by atoms with E-state index in [-0.39, 0.29) is 5.57 Å². The van der Waals surface area contributed by atoms with Gasteiger partial charge >= 0.3 is 11.9 Å². The number of nitriles is 1. The molecule has 0 bridgehead atoms. The summed E-state index contributed by atoms with van der Waals surface area (Å²) < 4.78 is 10.8. The Balaban J connectivity index is 2.24. The van der Waals surface area contributed by atoms with E-state index in [0.717, 1.165) is 3.57 Å². The number of esters is 2. The van der Waals surface area contributed by atoms with Gasteiger partial charge in [0.2, 0.25) is 0 Å². The maximum Gasteiger partial charge on any atom is 0.350 e. The quantitative estimate of drug-likeness (QED) is 0.356. The highest BCUT2D eigenvalue weighted by molar-refractivity contribution is 14.1. The Morgan fingerprint density at radius 1 is 1.29 bits per heavy atom. The summed E-state index contributed by atoms with van der Waals surface area (Å²) in [7, 11) is 0. The molecule has 21 heavy (non-hydrogen) atoms. The van der Waals surface area contributed by atoms with Crippen molar-refractivity contribution in [2.45, 2.75) is 19.6 Å². The number of hydrogen-bond acceptors (Lipinski definition) is 6. The fourth-order valence-electron chi connectivity index (χ4n) is 1.66. The monoisotopic (exact) mass is 398 g/mol. The van der Waals surface area contributed by atoms with E-state index in [2.05, 4.69) is 27.9 Å². The number of hydrogen-bond donors (Lipinski definition) is 1. The van der Waals surface area contributed by atoms with E-state index in [1.54, 1.807) is 18.2 Å². The number of cyclic esters (lactones) is 2. The summed E-state index contributed by atoms with van der Waals surface area (Å²) in [6.45, 7) is 2.94. The van der Waals surface area contributed by atoms with Crippen LogP contribution in [0.15, 0.2) is 30.0 Å². The van der Waals surface area contributed by atoms with E-state index in [1.807, 2.05) is 6.07 Å². The van der Waals surface area contributed by atoms with Gasteiger partial charge in [-0.1, -0.05) is 0 Å². The van der Waals surface area contributed by atoms with Crippen LogP contribution >= 0.6 is 22.6 Å². The lowest BCUT2D eigenvalue weighted by Crippen LogP contribution is -2.42. The third kappa shape index (κ3) is 3.52. The summed E-state index contributed by atoms with van der Waals surface area (Å²) in [4.78, 5) is 23.5. The zero-order chi connectivity index (χ0) is 15.6. The Bertz CT molecular complexity index is 667. The third-order valence-electron chi connectivity index (χ3n) is 2.59. The largest absolute Gasteiger partial charge is 0.419 e. The Morgan fingerprint density at radius 3 is 2.48 bits per heavy atom. The average Bonchev–Trinajstić information content (AvgIpc) is 2.37. The van der Waals surface area contributed by atoms with Crippen LogP contribution in [0.5, 0.6) is 0 Å². The van der Waals surface area contributed by atoms with E-state index < -0.39 is 17.7 Å². The number of carbonyl (C=O) groups is 2. The molecule has 1 aromatic rings. The minimum atomic E-state index is -1.27. The Labute approximate surface area is 134 Å². The number of nitrogens with zero attached hydrogens (tertiary/aromatic N) is 1. The maximum absolute atomic E-state index is 11.8. The van der Waals surface area contributed by atoms with Crippen LogP contribution < -0.4 is 5.32 Å². The fourth-order valence-corrected chi connectivity index (χ4v) is 2.15. The van der Waals surface area contributed by atoms with Crippen molar-refractivity contribution in [2.24, 2.45) is 0 Å². The Kier molecular flexibility index (Phi) is 4.18. The highest BCUT2D eigenvalue weighted by Crippen LogP contribution is 2.23. The van der Waals surface area contributed by atoms with Crippen molar-refractivity contribution in [3.8, 4) is 6.07 Å². The summed E-state index contributed by atoms with van der Waals surface area (Å²) >= 11 is 2.08. The number of ether oxygens (including phenoxy) is 2. The number of carbonyl (C=O) groups excluding carboxylic acids is 2. The fraction of sp³-hybridized carbons (Fsp3) is 0.214. The van der Waals surface area contributed by atoms with E-state index in [0.29, 0.717) is 11.3 Å². The molecule has 7 heteroatoms. The summed E-state index contributed by atoms with van der Waals surface area (Å²) in [6, 6.07) is 7.19. The number of benzene rings is 1. The molecule has 0 saturated carbocycles. The molecule has 108 valence electrons. The third-order valence-corrected chi connectivity index (χ3v) is 3.26. The summed E-state index contributed by atoms with van der Waals surface area (Å²) in [5.74, 6) is -2.81. The normalized spacial score (nSPS) is 16.6. The van der Waals surface area contributed by atoms with Crippen molar-refractivity contribution in [1.29, 1.82) is 5.26 Å². The van der Waals surface area contributed by atoms with Crippen molar-refractivity contribution in [3.63, 3.8) is 0 Å². The molecule has 1 aliphatic rings. The Morgan fingerprint density at radius 2 is 1.90 bits per heavy atom. The molecule has 2 rings (SSSR count). The average molecular weight is 398 g/mol. The van der Waals surface area contributed by atoms with E-state index >= 15 is 0 Å². The second kappa shape index (κ2) is 5.73. The summed E-state index contributed by atoms with van der Waals surface area (Å²) in [5.41, 5.74) is 0.629. The van der Waals surface area contributed by atoms with Crippen molar-refractivity contribution >= 4 is 40.2 Å². The van der Waals surface area contributed by atoms with Crippen molar-refractivity contribution < 1.29 is 19.1 Å². The maximum atomic E-state index is 11.8. The molecule has 0 radical (unpaired) electrons. The van der Waals surface area contributed by atoms with Gasteiger partial charge in [-0.25, -0.2) is 9.59 Å². The van der Waals surface area contributed by atoms with E-state index in [1.165, 1.54) is 20.0 Å². The van der Waals surface area contributed by atoms with Gasteiger partial charge in [0.1, 0.15) is 6.07 Å². The molecule has 1 heterocycles. The van der Waals surface area contributed by atoms with Crippen molar-refractivity contribution in [1.82, 2.24) is 0 Å². The zero-order valence-corrected chi connectivity index (χ0v) is 13.4. The van der Waals surface area contributed by atoms with Crippen LogP contribution in [0.25, 0.3) is 0 Å². The second-order valence-electron chi connectivity index (χ2n) is 4.68. The molecule has 1 aromatic carbocycles. The van der Waals surface area contributed by atoms with Crippen LogP contribution in [-0.4, -0.2) is 17.7 Å². The van der Waals surface area contributed by atoms with Gasteiger partial charge in [0.05, 0.1) is 11.3 Å². The lowest BCUT2D eigenvalue weighted by molar-refractivity contribution is -0.222. The smallest absolute Gasteiger partial charge is 0.350 e. The number of rotatable bonds is 2. The first kappa shape index (κ1) is 15.3. The Hall–Kier alpha value is -2.08. The lowest BCUT2D eigenvalue weighted by atomic mass is 10.2. The van der Waals surface area contributed by atoms with Gasteiger partial charge < -0.3 is 14.8 Å². The summed E-state index contributed by atoms with van der Waals surface area (Å²) in [6.07, 6.45) is 1.18. The number of halogens is 1. The van der Waals surface area contributed by atoms with Crippen LogP contribution in [0.3, 0.4) is 0 Å². The molecule has 0 unspecified atom stereocenters. The highest BCUT2D eigenvalue weighted by Gasteiger charge is 2.38. The van der Waals surface area contributed by atoms with Crippen LogP contribution in [0, 0.1) is 14.9 Å². The van der Waals surface area contributed by atoms with Crippen LogP contribution in [-0.2, 0) is 19.1 Å². The van der Waals surface area contributed by atoms with Gasteiger partial charge in [0.25, 0.3) is 5.79 Å². The molecule has 0 amide bonds. The van der Waals surface area contributed by atoms with Crippen LogP contribution in [0.1, 0.15) is 19.4 Å². The predicted octanol–water partition coefficient (Wildman–Crippen LogP) is 2.29. The van der Waals surface area contributed by atoms with Crippen LogP contribution in [0.4, 0.5) is 5.69 Å². The topological polar surface area (TPSA) is 88.4 Å². The molecule has 1 fully saturated rings.